The van der Waals surface area contributed by atoms with Gasteiger partial charge in [-0.1, -0.05) is 72.3 Å². The highest BCUT2D eigenvalue weighted by molar-refractivity contribution is 5.97. The minimum Gasteiger partial charge on any atom is -0.497 e. The van der Waals surface area contributed by atoms with Gasteiger partial charge in [0.05, 0.1) is 19.1 Å². The molecule has 274 valence electrons. The standard InChI is InChI=1S/C42H34F3N3O6/c1-26-3-7-28(8-4-26)29-11-13-30(14-12-29)37-25-54-40(47-37)31-9-5-27(6-10-31)23-48(24-39(50)51)41(52)32-15-18-34(19-16-32)46-38(49)21-33-17-20-35(53-2)22-36(33)42(43,44)45/h3-20,22,25H,21,23-24H2,1-2H3,(H,46,49)(H,50,51). The number of carbonyl (C=O) groups excluding carboxylic acids is 2. The lowest BCUT2D eigenvalue weighted by atomic mass is 10.0. The van der Waals surface area contributed by atoms with E-state index in [9.17, 15) is 32.7 Å². The van der Waals surface area contributed by atoms with Crippen molar-refractivity contribution >= 4 is 23.5 Å². The number of carbonyl (C=O) groups is 3. The quantitative estimate of drug-likeness (QED) is 0.129. The van der Waals surface area contributed by atoms with Crippen LogP contribution in [0.25, 0.3) is 33.8 Å². The summed E-state index contributed by atoms with van der Waals surface area (Å²) >= 11 is 0. The number of alkyl halides is 3. The lowest BCUT2D eigenvalue weighted by molar-refractivity contribution is -0.139. The molecule has 2 N–H and O–H groups in total. The second-order valence-corrected chi connectivity index (χ2v) is 12.6. The number of carboxylic acid groups (broad SMARTS) is 1. The van der Waals surface area contributed by atoms with Crippen molar-refractivity contribution in [2.45, 2.75) is 26.1 Å². The number of aryl methyl sites for hydroxylation is 1. The first kappa shape index (κ1) is 37.1. The summed E-state index contributed by atoms with van der Waals surface area (Å²) in [6, 6.07) is 32.4. The molecule has 0 atom stereocenters. The van der Waals surface area contributed by atoms with E-state index in [0.717, 1.165) is 27.7 Å². The topological polar surface area (TPSA) is 122 Å². The summed E-state index contributed by atoms with van der Waals surface area (Å²) in [5.74, 6) is -2.07. The predicted molar refractivity (Wildman–Crippen MR) is 197 cm³/mol. The normalized spacial score (nSPS) is 11.2. The smallest absolute Gasteiger partial charge is 0.416 e. The summed E-state index contributed by atoms with van der Waals surface area (Å²) in [5, 5.41) is 12.1. The number of nitrogens with zero attached hydrogens (tertiary/aromatic N) is 2. The SMILES string of the molecule is COc1ccc(CC(=O)Nc2ccc(C(=O)N(CC(=O)O)Cc3ccc(-c4nc(-c5ccc(-c6ccc(C)cc6)cc5)co4)cc3)cc2)c(C(F)(F)F)c1. The van der Waals surface area contributed by atoms with Crippen LogP contribution in [0, 0.1) is 6.92 Å². The lowest BCUT2D eigenvalue weighted by Crippen LogP contribution is -2.35. The fraction of sp³-hybridized carbons (Fsp3) is 0.143. The van der Waals surface area contributed by atoms with E-state index in [1.165, 1.54) is 49.1 Å². The Labute approximate surface area is 308 Å². The van der Waals surface area contributed by atoms with E-state index in [-0.39, 0.29) is 29.1 Å². The Morgan fingerprint density at radius 2 is 1.43 bits per heavy atom. The van der Waals surface area contributed by atoms with Crippen molar-refractivity contribution in [3.05, 3.63) is 149 Å². The number of hydrogen-bond donors (Lipinski definition) is 2. The van der Waals surface area contributed by atoms with Crippen LogP contribution >= 0.6 is 0 Å². The Morgan fingerprint density at radius 3 is 2.04 bits per heavy atom. The van der Waals surface area contributed by atoms with E-state index in [1.54, 1.807) is 30.5 Å². The van der Waals surface area contributed by atoms with Crippen molar-refractivity contribution in [3.8, 4) is 39.6 Å². The molecule has 0 unspecified atom stereocenters. The first-order valence-corrected chi connectivity index (χ1v) is 16.7. The van der Waals surface area contributed by atoms with Crippen LogP contribution in [0.3, 0.4) is 0 Å². The molecule has 0 bridgehead atoms. The number of aliphatic carboxylic acids is 1. The van der Waals surface area contributed by atoms with Crippen LogP contribution < -0.4 is 10.1 Å². The number of aromatic nitrogens is 1. The number of carboxylic acids is 1. The third kappa shape index (κ3) is 9.02. The minimum atomic E-state index is -4.69. The van der Waals surface area contributed by atoms with Gasteiger partial charge in [0.1, 0.15) is 24.3 Å². The molecule has 6 rings (SSSR count). The van der Waals surface area contributed by atoms with Crippen LogP contribution in [0.15, 0.2) is 126 Å². The van der Waals surface area contributed by atoms with Crippen LogP contribution in [0.2, 0.25) is 0 Å². The van der Waals surface area contributed by atoms with Gasteiger partial charge >= 0.3 is 12.1 Å². The van der Waals surface area contributed by atoms with Gasteiger partial charge < -0.3 is 24.5 Å². The van der Waals surface area contributed by atoms with Gasteiger partial charge in [-0.25, -0.2) is 4.98 Å². The molecule has 0 aliphatic rings. The molecule has 9 nitrogen and oxygen atoms in total. The average molecular weight is 734 g/mol. The van der Waals surface area contributed by atoms with E-state index in [0.29, 0.717) is 22.7 Å². The minimum absolute atomic E-state index is 0.0118. The first-order chi connectivity index (χ1) is 25.9. The van der Waals surface area contributed by atoms with Gasteiger partial charge in [-0.2, -0.15) is 13.2 Å². The Bertz CT molecular complexity index is 2270. The Hall–Kier alpha value is -6.69. The molecule has 0 radical (unpaired) electrons. The summed E-state index contributed by atoms with van der Waals surface area (Å²) < 4.78 is 51.4. The number of benzene rings is 5. The molecule has 1 aromatic heterocycles. The first-order valence-electron chi connectivity index (χ1n) is 16.7. The van der Waals surface area contributed by atoms with E-state index >= 15 is 0 Å². The Balaban J connectivity index is 1.09. The van der Waals surface area contributed by atoms with Crippen molar-refractivity contribution in [2.24, 2.45) is 0 Å². The molecule has 5 aromatic carbocycles. The van der Waals surface area contributed by atoms with Gasteiger partial charge in [0, 0.05) is 28.9 Å². The molecule has 0 saturated carbocycles. The number of halogens is 3. The third-order valence-electron chi connectivity index (χ3n) is 8.65. The molecule has 0 aliphatic carbocycles. The summed E-state index contributed by atoms with van der Waals surface area (Å²) in [6.07, 6.45) is -3.66. The number of nitrogens with one attached hydrogen (secondary N) is 1. The highest BCUT2D eigenvalue weighted by atomic mass is 19.4. The predicted octanol–water partition coefficient (Wildman–Crippen LogP) is 8.92. The molecule has 0 spiro atoms. The molecule has 6 aromatic rings. The van der Waals surface area contributed by atoms with E-state index in [2.05, 4.69) is 34.6 Å². The number of amides is 2. The van der Waals surface area contributed by atoms with Crippen LogP contribution in [-0.2, 0) is 28.7 Å². The van der Waals surface area contributed by atoms with Crippen molar-refractivity contribution in [1.29, 1.82) is 0 Å². The zero-order valence-electron chi connectivity index (χ0n) is 29.2. The van der Waals surface area contributed by atoms with Crippen molar-refractivity contribution in [3.63, 3.8) is 0 Å². The number of hydrogen-bond acceptors (Lipinski definition) is 6. The molecule has 1 heterocycles. The second-order valence-electron chi connectivity index (χ2n) is 12.6. The number of methoxy groups -OCH3 is 1. The van der Waals surface area contributed by atoms with Gasteiger partial charge in [-0.05, 0) is 77.7 Å². The largest absolute Gasteiger partial charge is 0.497 e. The fourth-order valence-electron chi connectivity index (χ4n) is 5.81. The van der Waals surface area contributed by atoms with Gasteiger partial charge in [0.2, 0.25) is 11.8 Å². The number of ether oxygens (including phenoxy) is 1. The summed E-state index contributed by atoms with van der Waals surface area (Å²) in [6.45, 7) is 1.46. The summed E-state index contributed by atoms with van der Waals surface area (Å²) in [5.41, 5.74) is 5.50. The number of anilines is 1. The zero-order valence-corrected chi connectivity index (χ0v) is 29.2. The van der Waals surface area contributed by atoms with Crippen molar-refractivity contribution < 1.29 is 41.8 Å². The molecular formula is C42H34F3N3O6. The third-order valence-corrected chi connectivity index (χ3v) is 8.65. The second kappa shape index (κ2) is 15.9. The maximum Gasteiger partial charge on any atom is 0.416 e. The molecule has 0 fully saturated rings. The van der Waals surface area contributed by atoms with Crippen molar-refractivity contribution in [2.75, 3.05) is 19.0 Å². The van der Waals surface area contributed by atoms with Crippen LogP contribution in [0.5, 0.6) is 5.75 Å². The van der Waals surface area contributed by atoms with E-state index in [1.807, 2.05) is 31.2 Å². The molecule has 54 heavy (non-hydrogen) atoms. The molecule has 12 heteroatoms. The Morgan fingerprint density at radius 1 is 0.815 bits per heavy atom. The molecule has 0 saturated heterocycles. The average Bonchev–Trinajstić information content (AvgIpc) is 3.65. The van der Waals surface area contributed by atoms with Gasteiger partial charge in [-0.3, -0.25) is 14.4 Å². The van der Waals surface area contributed by atoms with Gasteiger partial charge in [0.25, 0.3) is 5.91 Å². The van der Waals surface area contributed by atoms with E-state index in [4.69, 9.17) is 9.15 Å². The van der Waals surface area contributed by atoms with E-state index < -0.39 is 42.5 Å². The lowest BCUT2D eigenvalue weighted by Gasteiger charge is -2.21. The monoisotopic (exact) mass is 733 g/mol. The molecule has 2 amide bonds. The summed E-state index contributed by atoms with van der Waals surface area (Å²) in [7, 11) is 1.25. The number of rotatable bonds is 12. The zero-order chi connectivity index (χ0) is 38.4. The number of oxazole rings is 1. The maximum absolute atomic E-state index is 13.6. The highest BCUT2D eigenvalue weighted by Crippen LogP contribution is 2.35. The van der Waals surface area contributed by atoms with Crippen LogP contribution in [0.1, 0.15) is 32.6 Å². The molecule has 0 aliphatic heterocycles. The summed E-state index contributed by atoms with van der Waals surface area (Å²) in [4.78, 5) is 43.6. The molecular weight excluding hydrogens is 699 g/mol. The highest BCUT2D eigenvalue weighted by Gasteiger charge is 2.34. The van der Waals surface area contributed by atoms with Gasteiger partial charge in [-0.15, -0.1) is 0 Å². The van der Waals surface area contributed by atoms with Crippen LogP contribution in [0.4, 0.5) is 18.9 Å². The van der Waals surface area contributed by atoms with Crippen molar-refractivity contribution in [1.82, 2.24) is 9.88 Å². The fourth-order valence-corrected chi connectivity index (χ4v) is 5.81. The maximum atomic E-state index is 13.6. The van der Waals surface area contributed by atoms with Gasteiger partial charge in [0.15, 0.2) is 0 Å². The Kier molecular flexibility index (Phi) is 10.9. The van der Waals surface area contributed by atoms with Crippen LogP contribution in [-0.4, -0.2) is 46.4 Å².